The first-order valence-electron chi connectivity index (χ1n) is 10.2. The van der Waals surface area contributed by atoms with Crippen LogP contribution < -0.4 is 4.72 Å². The van der Waals surface area contributed by atoms with Crippen molar-refractivity contribution in [1.29, 1.82) is 0 Å². The fraction of sp³-hybridized carbons (Fsp3) is 0.400. The maximum absolute atomic E-state index is 12.5. The van der Waals surface area contributed by atoms with E-state index in [4.69, 9.17) is 4.74 Å². The molecule has 1 aliphatic heterocycles. The number of thioether (sulfide) groups is 1. The number of hydrogen-bond donors (Lipinski definition) is 1. The van der Waals surface area contributed by atoms with E-state index in [0.717, 1.165) is 5.56 Å². The molecule has 0 saturated carbocycles. The molecule has 0 spiro atoms. The summed E-state index contributed by atoms with van der Waals surface area (Å²) in [6, 6.07) is 10.2. The molecular weight excluding hydrogens is 452 g/mol. The second-order valence-electron chi connectivity index (χ2n) is 7.30. The Labute approximate surface area is 190 Å². The summed E-state index contributed by atoms with van der Waals surface area (Å²) in [5.74, 6) is 0.870. The third-order valence-corrected chi connectivity index (χ3v) is 7.36. The minimum Gasteiger partial charge on any atom is -0.378 e. The van der Waals surface area contributed by atoms with E-state index in [-0.39, 0.29) is 23.1 Å². The molecule has 0 aliphatic carbocycles. The summed E-state index contributed by atoms with van der Waals surface area (Å²) in [6.07, 6.45) is 0.320. The van der Waals surface area contributed by atoms with Crippen molar-refractivity contribution in [1.82, 2.24) is 29.4 Å². The number of sulfonamides is 1. The molecular formula is C20H24N6O4S2. The highest BCUT2D eigenvalue weighted by molar-refractivity contribution is 7.99. The number of morpholine rings is 1. The first kappa shape index (κ1) is 22.6. The molecule has 10 nitrogen and oxygen atoms in total. The van der Waals surface area contributed by atoms with Gasteiger partial charge in [-0.05, 0) is 31.2 Å². The number of amides is 1. The van der Waals surface area contributed by atoms with E-state index in [1.54, 1.807) is 45.8 Å². The molecule has 1 N–H and O–H groups in total. The highest BCUT2D eigenvalue weighted by atomic mass is 32.2. The standard InChI is InChI=1S/C20H24N6O4S2/c1-15-2-4-16(5-3-15)32(28,29)21-9-8-18-23-22-17-6-7-19(24-26(17)18)31-14-20(27)25-10-12-30-13-11-25/h2-7,21H,8-14H2,1H3. The fourth-order valence-electron chi connectivity index (χ4n) is 3.19. The second kappa shape index (κ2) is 9.94. The molecule has 0 unspecified atom stereocenters. The molecule has 12 heteroatoms. The third kappa shape index (κ3) is 5.44. The molecule has 170 valence electrons. The number of nitrogens with one attached hydrogen (secondary N) is 1. The van der Waals surface area contributed by atoms with Crippen molar-refractivity contribution in [2.45, 2.75) is 23.3 Å². The quantitative estimate of drug-likeness (QED) is 0.477. The second-order valence-corrected chi connectivity index (χ2v) is 10.1. The predicted octanol–water partition coefficient (Wildman–Crippen LogP) is 0.905. The van der Waals surface area contributed by atoms with Crippen LogP contribution in [0.25, 0.3) is 5.65 Å². The Morgan fingerprint density at radius 2 is 1.88 bits per heavy atom. The summed E-state index contributed by atoms with van der Waals surface area (Å²) >= 11 is 1.34. The first-order chi connectivity index (χ1) is 15.4. The average molecular weight is 477 g/mol. The molecule has 3 aromatic rings. The van der Waals surface area contributed by atoms with Crippen LogP contribution in [-0.4, -0.2) is 77.6 Å². The number of aromatic nitrogens is 4. The topological polar surface area (TPSA) is 119 Å². The largest absolute Gasteiger partial charge is 0.378 e. The van der Waals surface area contributed by atoms with Gasteiger partial charge in [0.25, 0.3) is 0 Å². The number of nitrogens with zero attached hydrogens (tertiary/aromatic N) is 5. The molecule has 1 saturated heterocycles. The molecule has 4 rings (SSSR count). The Morgan fingerprint density at radius 3 is 2.62 bits per heavy atom. The summed E-state index contributed by atoms with van der Waals surface area (Å²) in [6.45, 7) is 4.42. The van der Waals surface area contributed by atoms with Crippen LogP contribution in [0.3, 0.4) is 0 Å². The monoisotopic (exact) mass is 476 g/mol. The van der Waals surface area contributed by atoms with Gasteiger partial charge in [0, 0.05) is 26.1 Å². The van der Waals surface area contributed by atoms with Crippen LogP contribution in [0.2, 0.25) is 0 Å². The van der Waals surface area contributed by atoms with Crippen LogP contribution in [-0.2, 0) is 26.0 Å². The van der Waals surface area contributed by atoms with Gasteiger partial charge in [0.1, 0.15) is 5.03 Å². The van der Waals surface area contributed by atoms with Gasteiger partial charge in [-0.1, -0.05) is 29.5 Å². The predicted molar refractivity (Wildman–Crippen MR) is 119 cm³/mol. The molecule has 2 aromatic heterocycles. The van der Waals surface area contributed by atoms with Crippen molar-refractivity contribution in [3.8, 4) is 0 Å². The molecule has 32 heavy (non-hydrogen) atoms. The third-order valence-electron chi connectivity index (χ3n) is 4.98. The Balaban J connectivity index is 1.37. The van der Waals surface area contributed by atoms with Crippen LogP contribution in [0, 0.1) is 6.92 Å². The zero-order valence-electron chi connectivity index (χ0n) is 17.6. The minimum atomic E-state index is -3.60. The molecule has 1 fully saturated rings. The number of ether oxygens (including phenoxy) is 1. The normalized spacial score (nSPS) is 14.7. The van der Waals surface area contributed by atoms with Gasteiger partial charge in [-0.2, -0.15) is 9.61 Å². The van der Waals surface area contributed by atoms with Gasteiger partial charge < -0.3 is 9.64 Å². The minimum absolute atomic E-state index is 0.0506. The summed E-state index contributed by atoms with van der Waals surface area (Å²) in [5, 5.41) is 13.4. The van der Waals surface area contributed by atoms with Crippen molar-refractivity contribution < 1.29 is 17.9 Å². The van der Waals surface area contributed by atoms with Crippen LogP contribution >= 0.6 is 11.8 Å². The molecule has 0 bridgehead atoms. The van der Waals surface area contributed by atoms with Gasteiger partial charge in [-0.25, -0.2) is 13.1 Å². The fourth-order valence-corrected chi connectivity index (χ4v) is 4.98. The van der Waals surface area contributed by atoms with E-state index >= 15 is 0 Å². The highest BCUT2D eigenvalue weighted by Gasteiger charge is 2.18. The van der Waals surface area contributed by atoms with Crippen LogP contribution in [0.5, 0.6) is 0 Å². The van der Waals surface area contributed by atoms with Crippen LogP contribution in [0.4, 0.5) is 0 Å². The molecule has 0 radical (unpaired) electrons. The van der Waals surface area contributed by atoms with E-state index in [1.807, 2.05) is 6.92 Å². The van der Waals surface area contributed by atoms with Crippen molar-refractivity contribution in [2.24, 2.45) is 0 Å². The molecule has 3 heterocycles. The Morgan fingerprint density at radius 1 is 1.12 bits per heavy atom. The van der Waals surface area contributed by atoms with E-state index in [1.165, 1.54) is 11.8 Å². The zero-order chi connectivity index (χ0) is 22.6. The zero-order valence-corrected chi connectivity index (χ0v) is 19.2. The molecule has 1 amide bonds. The maximum atomic E-state index is 12.5. The van der Waals surface area contributed by atoms with Crippen molar-refractivity contribution in [3.05, 3.63) is 47.8 Å². The number of carbonyl (C=O) groups is 1. The number of carbonyl (C=O) groups excluding carboxylic acids is 1. The summed E-state index contributed by atoms with van der Waals surface area (Å²) in [7, 11) is -3.60. The van der Waals surface area contributed by atoms with Crippen molar-refractivity contribution >= 4 is 33.3 Å². The molecule has 1 aliphatic rings. The average Bonchev–Trinajstić information content (AvgIpc) is 3.20. The Kier molecular flexibility index (Phi) is 7.04. The maximum Gasteiger partial charge on any atom is 0.240 e. The number of fused-ring (bicyclic) bond motifs is 1. The Bertz CT molecular complexity index is 1190. The SMILES string of the molecule is Cc1ccc(S(=O)(=O)NCCc2nnc3ccc(SCC(=O)N4CCOCC4)nn23)cc1. The van der Waals surface area contributed by atoms with Crippen molar-refractivity contribution in [3.63, 3.8) is 0 Å². The van der Waals surface area contributed by atoms with Gasteiger partial charge in [-0.3, -0.25) is 4.79 Å². The molecule has 0 atom stereocenters. The Hall–Kier alpha value is -2.54. The number of hydrogen-bond acceptors (Lipinski definition) is 8. The van der Waals surface area contributed by atoms with Crippen molar-refractivity contribution in [2.75, 3.05) is 38.6 Å². The van der Waals surface area contributed by atoms with Gasteiger partial charge in [0.05, 0.1) is 23.9 Å². The van der Waals surface area contributed by atoms with Gasteiger partial charge in [0.15, 0.2) is 11.5 Å². The summed E-state index contributed by atoms with van der Waals surface area (Å²) < 4.78 is 34.4. The lowest BCUT2D eigenvalue weighted by molar-refractivity contribution is -0.132. The highest BCUT2D eigenvalue weighted by Crippen LogP contribution is 2.17. The van der Waals surface area contributed by atoms with Crippen LogP contribution in [0.1, 0.15) is 11.4 Å². The van der Waals surface area contributed by atoms with E-state index in [2.05, 4.69) is 20.0 Å². The first-order valence-corrected chi connectivity index (χ1v) is 12.7. The van der Waals surface area contributed by atoms with E-state index in [0.29, 0.717) is 49.2 Å². The van der Waals surface area contributed by atoms with E-state index < -0.39 is 10.0 Å². The van der Waals surface area contributed by atoms with Crippen LogP contribution in [0.15, 0.2) is 46.3 Å². The number of rotatable bonds is 8. The number of benzene rings is 1. The lowest BCUT2D eigenvalue weighted by Crippen LogP contribution is -2.41. The number of aryl methyl sites for hydroxylation is 1. The smallest absolute Gasteiger partial charge is 0.240 e. The van der Waals surface area contributed by atoms with Gasteiger partial charge >= 0.3 is 0 Å². The van der Waals surface area contributed by atoms with Gasteiger partial charge in [0.2, 0.25) is 15.9 Å². The summed E-state index contributed by atoms with van der Waals surface area (Å²) in [5.41, 5.74) is 1.55. The lowest BCUT2D eigenvalue weighted by atomic mass is 10.2. The van der Waals surface area contributed by atoms with E-state index in [9.17, 15) is 13.2 Å². The summed E-state index contributed by atoms with van der Waals surface area (Å²) in [4.78, 5) is 14.4. The molecule has 1 aromatic carbocycles. The lowest BCUT2D eigenvalue weighted by Gasteiger charge is -2.26. The van der Waals surface area contributed by atoms with Gasteiger partial charge in [-0.15, -0.1) is 10.2 Å².